The second-order valence-corrected chi connectivity index (χ2v) is 3.40. The molecule has 0 saturated carbocycles. The van der Waals surface area contributed by atoms with Gasteiger partial charge < -0.3 is 10.3 Å². The van der Waals surface area contributed by atoms with Gasteiger partial charge in [-0.1, -0.05) is 12.1 Å². The molecule has 0 aliphatic heterocycles. The van der Waals surface area contributed by atoms with Crippen LogP contribution in [0.4, 0.5) is 5.69 Å². The number of aryl methyl sites for hydroxylation is 1. The van der Waals surface area contributed by atoms with Crippen molar-refractivity contribution in [3.05, 3.63) is 40.1 Å². The SMILES string of the molecule is Cn1cc([N+](=O)[O-])c2c(CN)cccc21. The standard InChI is InChI=1S/C10H11N3O2/c1-12-6-9(13(14)15)10-7(5-11)3-2-4-8(10)12/h2-4,6H,5,11H2,1H3. The van der Waals surface area contributed by atoms with E-state index in [0.717, 1.165) is 11.1 Å². The van der Waals surface area contributed by atoms with Crippen LogP contribution in [0.3, 0.4) is 0 Å². The van der Waals surface area contributed by atoms with Crippen molar-refractivity contribution in [3.8, 4) is 0 Å². The van der Waals surface area contributed by atoms with Crippen molar-refractivity contribution >= 4 is 16.6 Å². The molecule has 2 aromatic rings. The van der Waals surface area contributed by atoms with Gasteiger partial charge in [-0.15, -0.1) is 0 Å². The van der Waals surface area contributed by atoms with E-state index in [1.54, 1.807) is 11.6 Å². The third kappa shape index (κ3) is 1.37. The number of nitro groups is 1. The van der Waals surface area contributed by atoms with Gasteiger partial charge in [-0.2, -0.15) is 0 Å². The lowest BCUT2D eigenvalue weighted by molar-refractivity contribution is -0.383. The fraction of sp³-hybridized carbons (Fsp3) is 0.200. The van der Waals surface area contributed by atoms with Gasteiger partial charge in [0, 0.05) is 13.6 Å². The lowest BCUT2D eigenvalue weighted by atomic mass is 10.1. The van der Waals surface area contributed by atoms with Crippen LogP contribution in [0, 0.1) is 10.1 Å². The van der Waals surface area contributed by atoms with Crippen LogP contribution in [0.2, 0.25) is 0 Å². The highest BCUT2D eigenvalue weighted by Crippen LogP contribution is 2.29. The third-order valence-electron chi connectivity index (χ3n) is 2.50. The molecule has 0 aliphatic rings. The number of nitrogens with zero attached hydrogens (tertiary/aromatic N) is 2. The molecule has 0 unspecified atom stereocenters. The summed E-state index contributed by atoms with van der Waals surface area (Å²) in [7, 11) is 1.79. The lowest BCUT2D eigenvalue weighted by Crippen LogP contribution is -1.97. The third-order valence-corrected chi connectivity index (χ3v) is 2.50. The first kappa shape index (κ1) is 9.67. The van der Waals surface area contributed by atoms with Crippen LogP contribution in [0.25, 0.3) is 10.9 Å². The van der Waals surface area contributed by atoms with E-state index in [-0.39, 0.29) is 10.6 Å². The molecule has 0 spiro atoms. The minimum absolute atomic E-state index is 0.119. The minimum atomic E-state index is -0.374. The summed E-state index contributed by atoms with van der Waals surface area (Å²) in [5.41, 5.74) is 7.32. The van der Waals surface area contributed by atoms with Crippen LogP contribution in [-0.4, -0.2) is 9.49 Å². The Hall–Kier alpha value is -1.88. The van der Waals surface area contributed by atoms with Gasteiger partial charge in [-0.3, -0.25) is 10.1 Å². The normalized spacial score (nSPS) is 10.8. The van der Waals surface area contributed by atoms with Crippen molar-refractivity contribution in [1.29, 1.82) is 0 Å². The number of hydrogen-bond acceptors (Lipinski definition) is 3. The van der Waals surface area contributed by atoms with Crippen LogP contribution in [-0.2, 0) is 13.6 Å². The van der Waals surface area contributed by atoms with Crippen molar-refractivity contribution in [3.63, 3.8) is 0 Å². The number of rotatable bonds is 2. The Labute approximate surface area is 86.3 Å². The summed E-state index contributed by atoms with van der Waals surface area (Å²) >= 11 is 0. The van der Waals surface area contributed by atoms with Crippen molar-refractivity contribution in [2.45, 2.75) is 6.54 Å². The predicted molar refractivity (Wildman–Crippen MR) is 57.5 cm³/mol. The first-order valence-corrected chi connectivity index (χ1v) is 4.56. The fourth-order valence-electron chi connectivity index (χ4n) is 1.80. The van der Waals surface area contributed by atoms with Gasteiger partial charge in [0.2, 0.25) is 0 Å². The van der Waals surface area contributed by atoms with Gasteiger partial charge in [0.15, 0.2) is 0 Å². The molecule has 0 radical (unpaired) electrons. The van der Waals surface area contributed by atoms with Gasteiger partial charge in [-0.25, -0.2) is 0 Å². The molecule has 5 heteroatoms. The Kier molecular flexibility index (Phi) is 2.17. The molecule has 0 fully saturated rings. The van der Waals surface area contributed by atoms with Gasteiger partial charge >= 0.3 is 0 Å². The topological polar surface area (TPSA) is 74.1 Å². The van der Waals surface area contributed by atoms with Gasteiger partial charge in [0.1, 0.15) is 0 Å². The van der Waals surface area contributed by atoms with Gasteiger partial charge in [0.25, 0.3) is 5.69 Å². The number of fused-ring (bicyclic) bond motifs is 1. The van der Waals surface area contributed by atoms with Crippen molar-refractivity contribution in [2.24, 2.45) is 12.8 Å². The van der Waals surface area contributed by atoms with Gasteiger partial charge in [-0.05, 0) is 11.6 Å². The molecule has 78 valence electrons. The molecular weight excluding hydrogens is 194 g/mol. The monoisotopic (exact) mass is 205 g/mol. The average Bonchev–Trinajstić information content (AvgIpc) is 2.56. The quantitative estimate of drug-likeness (QED) is 0.597. The Balaban J connectivity index is 2.88. The summed E-state index contributed by atoms with van der Waals surface area (Å²) in [6.07, 6.45) is 1.52. The maximum Gasteiger partial charge on any atom is 0.295 e. The van der Waals surface area contributed by atoms with Crippen LogP contribution in [0.1, 0.15) is 5.56 Å². The summed E-state index contributed by atoms with van der Waals surface area (Å²) in [4.78, 5) is 10.5. The second-order valence-electron chi connectivity index (χ2n) is 3.40. The maximum atomic E-state index is 10.8. The Bertz CT molecular complexity index is 531. The highest BCUT2D eigenvalue weighted by atomic mass is 16.6. The number of aromatic nitrogens is 1. The summed E-state index contributed by atoms with van der Waals surface area (Å²) in [5.74, 6) is 0. The zero-order valence-corrected chi connectivity index (χ0v) is 8.30. The number of nitrogens with two attached hydrogens (primary N) is 1. The first-order chi connectivity index (χ1) is 7.15. The smallest absolute Gasteiger partial charge is 0.295 e. The highest BCUT2D eigenvalue weighted by molar-refractivity contribution is 5.92. The van der Waals surface area contributed by atoms with E-state index in [0.29, 0.717) is 11.9 Å². The van der Waals surface area contributed by atoms with E-state index in [2.05, 4.69) is 0 Å². The van der Waals surface area contributed by atoms with E-state index >= 15 is 0 Å². The van der Waals surface area contributed by atoms with E-state index in [9.17, 15) is 10.1 Å². The van der Waals surface area contributed by atoms with E-state index in [1.807, 2.05) is 18.2 Å². The van der Waals surface area contributed by atoms with Crippen molar-refractivity contribution < 1.29 is 4.92 Å². The molecule has 1 heterocycles. The Morgan fingerprint density at radius 3 is 2.87 bits per heavy atom. The average molecular weight is 205 g/mol. The molecular formula is C10H11N3O2. The molecule has 5 nitrogen and oxygen atoms in total. The molecule has 1 aromatic carbocycles. The Morgan fingerprint density at radius 2 is 2.27 bits per heavy atom. The molecule has 0 bridgehead atoms. The molecule has 1 aromatic heterocycles. The molecule has 15 heavy (non-hydrogen) atoms. The first-order valence-electron chi connectivity index (χ1n) is 4.56. The van der Waals surface area contributed by atoms with E-state index in [1.165, 1.54) is 6.20 Å². The zero-order chi connectivity index (χ0) is 11.0. The highest BCUT2D eigenvalue weighted by Gasteiger charge is 2.18. The van der Waals surface area contributed by atoms with E-state index < -0.39 is 0 Å². The lowest BCUT2D eigenvalue weighted by Gasteiger charge is -1.99. The van der Waals surface area contributed by atoms with Gasteiger partial charge in [0.05, 0.1) is 22.0 Å². The summed E-state index contributed by atoms with van der Waals surface area (Å²) < 4.78 is 1.74. The molecule has 0 aliphatic carbocycles. The van der Waals surface area contributed by atoms with Crippen molar-refractivity contribution in [1.82, 2.24) is 4.57 Å². The summed E-state index contributed by atoms with van der Waals surface area (Å²) in [6.45, 7) is 0.308. The van der Waals surface area contributed by atoms with Crippen LogP contribution in [0.5, 0.6) is 0 Å². The number of hydrogen-bond donors (Lipinski definition) is 1. The minimum Gasteiger partial charge on any atom is -0.344 e. The molecule has 2 rings (SSSR count). The molecule has 2 N–H and O–H groups in total. The van der Waals surface area contributed by atoms with Crippen LogP contribution < -0.4 is 5.73 Å². The molecule has 0 saturated heterocycles. The van der Waals surface area contributed by atoms with Crippen molar-refractivity contribution in [2.75, 3.05) is 0 Å². The summed E-state index contributed by atoms with van der Waals surface area (Å²) in [5, 5.41) is 11.5. The molecule has 0 amide bonds. The largest absolute Gasteiger partial charge is 0.344 e. The van der Waals surface area contributed by atoms with E-state index in [4.69, 9.17) is 5.73 Å². The predicted octanol–water partition coefficient (Wildman–Crippen LogP) is 1.55. The fourth-order valence-corrected chi connectivity index (χ4v) is 1.80. The zero-order valence-electron chi connectivity index (χ0n) is 8.30. The molecule has 0 atom stereocenters. The Morgan fingerprint density at radius 1 is 1.53 bits per heavy atom. The summed E-state index contributed by atoms with van der Waals surface area (Å²) in [6, 6.07) is 5.52. The van der Waals surface area contributed by atoms with Crippen LogP contribution in [0.15, 0.2) is 24.4 Å². The maximum absolute atomic E-state index is 10.8. The number of benzene rings is 1. The second kappa shape index (κ2) is 3.36. The van der Waals surface area contributed by atoms with Crippen LogP contribution >= 0.6 is 0 Å².